The first-order valence-corrected chi connectivity index (χ1v) is 8.60. The van der Waals surface area contributed by atoms with Gasteiger partial charge in [-0.15, -0.1) is 0 Å². The molecule has 0 aliphatic heterocycles. The molecular formula is C21H24FNO3. The lowest BCUT2D eigenvalue weighted by molar-refractivity contribution is -0.124. The van der Waals surface area contributed by atoms with Crippen LogP contribution in [0.25, 0.3) is 0 Å². The number of ether oxygens (including phenoxy) is 2. The average Bonchev–Trinajstić information content (AvgIpc) is 3.23. The fourth-order valence-electron chi connectivity index (χ4n) is 3.78. The van der Waals surface area contributed by atoms with Crippen molar-refractivity contribution in [2.24, 2.45) is 5.41 Å². The highest BCUT2D eigenvalue weighted by Gasteiger charge is 2.66. The summed E-state index contributed by atoms with van der Waals surface area (Å²) in [5.74, 6) is 0.878. The van der Waals surface area contributed by atoms with E-state index in [2.05, 4.69) is 19.2 Å². The number of benzene rings is 2. The van der Waals surface area contributed by atoms with E-state index in [1.165, 1.54) is 12.1 Å². The van der Waals surface area contributed by atoms with E-state index in [1.807, 2.05) is 18.2 Å². The lowest BCUT2D eigenvalue weighted by Crippen LogP contribution is -2.37. The molecule has 0 unspecified atom stereocenters. The summed E-state index contributed by atoms with van der Waals surface area (Å²) in [5.41, 5.74) is 0.882. The Morgan fingerprint density at radius 2 is 1.77 bits per heavy atom. The van der Waals surface area contributed by atoms with Crippen molar-refractivity contribution in [3.05, 3.63) is 59.4 Å². The van der Waals surface area contributed by atoms with Gasteiger partial charge in [0.25, 0.3) is 0 Å². The van der Waals surface area contributed by atoms with E-state index in [0.717, 1.165) is 17.5 Å². The van der Waals surface area contributed by atoms with Crippen molar-refractivity contribution in [2.45, 2.75) is 32.2 Å². The summed E-state index contributed by atoms with van der Waals surface area (Å²) in [6, 6.07) is 11.8. The van der Waals surface area contributed by atoms with Crippen LogP contribution >= 0.6 is 0 Å². The van der Waals surface area contributed by atoms with Gasteiger partial charge in [0.1, 0.15) is 5.82 Å². The largest absolute Gasteiger partial charge is 0.493 e. The molecule has 2 aromatic carbocycles. The van der Waals surface area contributed by atoms with Gasteiger partial charge in [0.15, 0.2) is 11.5 Å². The molecule has 1 amide bonds. The number of hydrogen-bond acceptors (Lipinski definition) is 3. The highest BCUT2D eigenvalue weighted by molar-refractivity contribution is 5.93. The van der Waals surface area contributed by atoms with Crippen molar-refractivity contribution in [3.8, 4) is 11.5 Å². The third-order valence-corrected chi connectivity index (χ3v) is 5.39. The molecule has 138 valence electrons. The summed E-state index contributed by atoms with van der Waals surface area (Å²) < 4.78 is 24.0. The zero-order valence-corrected chi connectivity index (χ0v) is 15.6. The predicted octanol–water partition coefficient (Wildman–Crippen LogP) is 3.83. The maximum atomic E-state index is 13.3. The molecule has 1 saturated carbocycles. The number of amides is 1. The van der Waals surface area contributed by atoms with Crippen molar-refractivity contribution in [1.82, 2.24) is 5.32 Å². The maximum Gasteiger partial charge on any atom is 0.231 e. The zero-order chi connectivity index (χ0) is 18.9. The molecule has 5 heteroatoms. The molecule has 1 atom stereocenters. The van der Waals surface area contributed by atoms with Crippen LogP contribution in [0, 0.1) is 11.2 Å². The summed E-state index contributed by atoms with van der Waals surface area (Å²) in [6.45, 7) is 4.45. The van der Waals surface area contributed by atoms with E-state index in [1.54, 1.807) is 26.4 Å². The van der Waals surface area contributed by atoms with E-state index in [0.29, 0.717) is 18.0 Å². The minimum atomic E-state index is -0.632. The van der Waals surface area contributed by atoms with Crippen LogP contribution in [0.5, 0.6) is 11.5 Å². The molecule has 1 fully saturated rings. The molecule has 0 radical (unpaired) electrons. The third-order valence-electron chi connectivity index (χ3n) is 5.39. The van der Waals surface area contributed by atoms with Crippen LogP contribution < -0.4 is 14.8 Å². The van der Waals surface area contributed by atoms with Gasteiger partial charge in [-0.05, 0) is 35.6 Å². The fourth-order valence-corrected chi connectivity index (χ4v) is 3.78. The topological polar surface area (TPSA) is 47.6 Å². The van der Waals surface area contributed by atoms with Gasteiger partial charge < -0.3 is 14.8 Å². The predicted molar refractivity (Wildman–Crippen MR) is 97.9 cm³/mol. The number of carbonyl (C=O) groups excluding carboxylic acids is 1. The lowest BCUT2D eigenvalue weighted by Gasteiger charge is -2.21. The van der Waals surface area contributed by atoms with Gasteiger partial charge >= 0.3 is 0 Å². The van der Waals surface area contributed by atoms with Gasteiger partial charge in [0, 0.05) is 12.1 Å². The third kappa shape index (κ3) is 2.91. The van der Waals surface area contributed by atoms with Crippen LogP contribution in [0.2, 0.25) is 0 Å². The summed E-state index contributed by atoms with van der Waals surface area (Å²) in [4.78, 5) is 13.1. The van der Waals surface area contributed by atoms with Gasteiger partial charge in [-0.2, -0.15) is 0 Å². The van der Waals surface area contributed by atoms with E-state index in [9.17, 15) is 9.18 Å². The Hall–Kier alpha value is -2.56. The quantitative estimate of drug-likeness (QED) is 0.855. The van der Waals surface area contributed by atoms with Crippen molar-refractivity contribution in [1.29, 1.82) is 0 Å². The smallest absolute Gasteiger partial charge is 0.231 e. The van der Waals surface area contributed by atoms with E-state index in [4.69, 9.17) is 9.47 Å². The van der Waals surface area contributed by atoms with E-state index in [-0.39, 0.29) is 17.1 Å². The number of para-hydroxylation sites is 1. The zero-order valence-electron chi connectivity index (χ0n) is 15.6. The molecule has 1 aliphatic rings. The van der Waals surface area contributed by atoms with Gasteiger partial charge in [-0.1, -0.05) is 38.1 Å². The molecule has 4 nitrogen and oxygen atoms in total. The van der Waals surface area contributed by atoms with Crippen molar-refractivity contribution in [3.63, 3.8) is 0 Å². The summed E-state index contributed by atoms with van der Waals surface area (Å²) in [6.07, 6.45) is 0.729. The highest BCUT2D eigenvalue weighted by atomic mass is 19.1. The molecule has 1 aliphatic carbocycles. The molecule has 0 saturated heterocycles. The second kappa shape index (κ2) is 6.63. The van der Waals surface area contributed by atoms with Crippen molar-refractivity contribution in [2.75, 3.05) is 14.2 Å². The minimum Gasteiger partial charge on any atom is -0.493 e. The van der Waals surface area contributed by atoms with E-state index < -0.39 is 5.41 Å². The molecular weight excluding hydrogens is 333 g/mol. The SMILES string of the molecule is COc1cccc(CNC(=O)[C@]2(c3ccc(F)cc3)CC2(C)C)c1OC. The number of methoxy groups -OCH3 is 2. The summed E-state index contributed by atoms with van der Waals surface area (Å²) in [7, 11) is 3.16. The second-order valence-corrected chi connectivity index (χ2v) is 7.31. The van der Waals surface area contributed by atoms with Crippen LogP contribution in [0.4, 0.5) is 4.39 Å². The maximum absolute atomic E-state index is 13.3. The summed E-state index contributed by atoms with van der Waals surface area (Å²) in [5, 5.41) is 3.03. The Balaban J connectivity index is 1.82. The molecule has 0 spiro atoms. The fraction of sp³-hybridized carbons (Fsp3) is 0.381. The van der Waals surface area contributed by atoms with Crippen molar-refractivity contribution < 1.29 is 18.7 Å². The number of carbonyl (C=O) groups is 1. The van der Waals surface area contributed by atoms with Crippen molar-refractivity contribution >= 4 is 5.91 Å². The number of hydrogen-bond donors (Lipinski definition) is 1. The van der Waals surface area contributed by atoms with Crippen LogP contribution in [0.3, 0.4) is 0 Å². The van der Waals surface area contributed by atoms with Crippen LogP contribution in [-0.2, 0) is 16.8 Å². The van der Waals surface area contributed by atoms with Crippen LogP contribution in [-0.4, -0.2) is 20.1 Å². The minimum absolute atomic E-state index is 0.0565. The Morgan fingerprint density at radius 1 is 1.12 bits per heavy atom. The highest BCUT2D eigenvalue weighted by Crippen LogP contribution is 2.64. The first kappa shape index (κ1) is 18.2. The van der Waals surface area contributed by atoms with Gasteiger partial charge in [-0.25, -0.2) is 4.39 Å². The number of halogens is 1. The Kier molecular flexibility index (Phi) is 4.65. The molecule has 0 heterocycles. The standard InChI is InChI=1S/C21H24FNO3/c1-20(2)13-21(20,15-8-10-16(22)11-9-15)19(24)23-12-14-6-5-7-17(25-3)18(14)26-4/h5-11H,12-13H2,1-4H3,(H,23,24)/t21-/m1/s1. The lowest BCUT2D eigenvalue weighted by atomic mass is 9.87. The Bertz CT molecular complexity index is 817. The normalized spacial score (nSPS) is 20.3. The van der Waals surface area contributed by atoms with Gasteiger partial charge in [0.2, 0.25) is 5.91 Å². The van der Waals surface area contributed by atoms with E-state index >= 15 is 0 Å². The number of nitrogens with one attached hydrogen (secondary N) is 1. The second-order valence-electron chi connectivity index (χ2n) is 7.31. The van der Waals surface area contributed by atoms with Crippen LogP contribution in [0.1, 0.15) is 31.4 Å². The van der Waals surface area contributed by atoms with Gasteiger partial charge in [-0.3, -0.25) is 4.79 Å². The number of rotatable bonds is 6. The first-order valence-electron chi connectivity index (χ1n) is 8.60. The monoisotopic (exact) mass is 357 g/mol. The molecule has 0 aromatic heterocycles. The molecule has 26 heavy (non-hydrogen) atoms. The molecule has 0 bridgehead atoms. The Labute approximate surface area is 153 Å². The van der Waals surface area contributed by atoms with Gasteiger partial charge in [0.05, 0.1) is 19.6 Å². The average molecular weight is 357 g/mol. The first-order chi connectivity index (χ1) is 12.4. The molecule has 2 aromatic rings. The Morgan fingerprint density at radius 3 is 2.31 bits per heavy atom. The summed E-state index contributed by atoms with van der Waals surface area (Å²) >= 11 is 0. The molecule has 1 N–H and O–H groups in total. The van der Waals surface area contributed by atoms with Crippen LogP contribution in [0.15, 0.2) is 42.5 Å². The molecule has 3 rings (SSSR count).